The van der Waals surface area contributed by atoms with Crippen LogP contribution in [0.15, 0.2) is 22.0 Å². The Balaban J connectivity index is 2.49. The highest BCUT2D eigenvalue weighted by Crippen LogP contribution is 2.40. The lowest BCUT2D eigenvalue weighted by Gasteiger charge is -2.15. The Morgan fingerprint density at radius 2 is 1.56 bits per heavy atom. The molecule has 0 bridgehead atoms. The van der Waals surface area contributed by atoms with Crippen LogP contribution < -0.4 is 0 Å². The molecule has 1 atom stereocenters. The van der Waals surface area contributed by atoms with Crippen molar-refractivity contribution in [3.8, 4) is 0 Å². The van der Waals surface area contributed by atoms with Gasteiger partial charge in [-0.15, -0.1) is 22.9 Å². The second-order valence-corrected chi connectivity index (χ2v) is 7.62. The lowest BCUT2D eigenvalue weighted by atomic mass is 9.96. The fourth-order valence-electron chi connectivity index (χ4n) is 2.34. The Hall–Kier alpha value is -0.310. The van der Waals surface area contributed by atoms with Crippen LogP contribution in [0.25, 0.3) is 0 Å². The lowest BCUT2D eigenvalue weighted by molar-refractivity contribution is 1.10. The van der Waals surface area contributed by atoms with Crippen molar-refractivity contribution in [2.75, 3.05) is 0 Å². The first-order chi connectivity index (χ1) is 8.40. The van der Waals surface area contributed by atoms with Crippen molar-refractivity contribution in [1.29, 1.82) is 0 Å². The number of thiophene rings is 1. The summed E-state index contributed by atoms with van der Waals surface area (Å²) in [7, 11) is 0. The molecule has 0 aliphatic heterocycles. The third-order valence-electron chi connectivity index (χ3n) is 3.12. The summed E-state index contributed by atoms with van der Waals surface area (Å²) in [5.74, 6) is 0. The second-order valence-electron chi connectivity index (χ2n) is 4.78. The molecule has 0 nitrogen and oxygen atoms in total. The lowest BCUT2D eigenvalue weighted by Crippen LogP contribution is -1.98. The van der Waals surface area contributed by atoms with Crippen LogP contribution in [0, 0.1) is 27.7 Å². The standard InChI is InChI=1S/C15H16BrClS/c1-8-5-9(2)13(10(3)6-8)14(17)12-7-11(4)15(16)18-12/h5-7,14H,1-4H3. The van der Waals surface area contributed by atoms with E-state index >= 15 is 0 Å². The summed E-state index contributed by atoms with van der Waals surface area (Å²) in [5, 5.41) is -0.0550. The van der Waals surface area contributed by atoms with Crippen molar-refractivity contribution in [1.82, 2.24) is 0 Å². The van der Waals surface area contributed by atoms with E-state index < -0.39 is 0 Å². The smallest absolute Gasteiger partial charge is 0.0933 e. The van der Waals surface area contributed by atoms with Gasteiger partial charge in [0.2, 0.25) is 0 Å². The van der Waals surface area contributed by atoms with Gasteiger partial charge in [0.1, 0.15) is 0 Å². The van der Waals surface area contributed by atoms with Gasteiger partial charge in [0, 0.05) is 4.88 Å². The van der Waals surface area contributed by atoms with Crippen LogP contribution in [0.4, 0.5) is 0 Å². The zero-order valence-corrected chi connectivity index (χ0v) is 14.1. The third kappa shape index (κ3) is 2.66. The Bertz CT molecular complexity index is 544. The number of halogens is 2. The number of aryl methyl sites for hydroxylation is 4. The highest BCUT2D eigenvalue weighted by molar-refractivity contribution is 9.11. The number of benzene rings is 1. The van der Waals surface area contributed by atoms with Gasteiger partial charge in [-0.25, -0.2) is 0 Å². The maximum Gasteiger partial charge on any atom is 0.0933 e. The van der Waals surface area contributed by atoms with Crippen LogP contribution in [0.3, 0.4) is 0 Å². The summed E-state index contributed by atoms with van der Waals surface area (Å²) in [4.78, 5) is 1.20. The second kappa shape index (κ2) is 5.36. The minimum Gasteiger partial charge on any atom is -0.131 e. The molecule has 2 aromatic rings. The summed E-state index contributed by atoms with van der Waals surface area (Å²) in [6.07, 6.45) is 0. The van der Waals surface area contributed by atoms with Gasteiger partial charge in [-0.1, -0.05) is 17.7 Å². The molecule has 0 radical (unpaired) electrons. The number of hydrogen-bond donors (Lipinski definition) is 0. The largest absolute Gasteiger partial charge is 0.131 e. The van der Waals surface area contributed by atoms with E-state index in [1.165, 1.54) is 36.5 Å². The third-order valence-corrected chi connectivity index (χ3v) is 5.90. The van der Waals surface area contributed by atoms with Gasteiger partial charge < -0.3 is 0 Å². The first-order valence-electron chi connectivity index (χ1n) is 5.87. The molecule has 0 spiro atoms. The van der Waals surface area contributed by atoms with E-state index in [4.69, 9.17) is 11.6 Å². The number of alkyl halides is 1. The Morgan fingerprint density at radius 3 is 2.00 bits per heavy atom. The normalized spacial score (nSPS) is 12.8. The summed E-state index contributed by atoms with van der Waals surface area (Å²) in [5.41, 5.74) is 6.34. The van der Waals surface area contributed by atoms with Crippen molar-refractivity contribution < 1.29 is 0 Å². The molecule has 1 heterocycles. The van der Waals surface area contributed by atoms with Crippen molar-refractivity contribution >= 4 is 38.9 Å². The SMILES string of the molecule is Cc1cc(C)c(C(Cl)c2cc(C)c(Br)s2)c(C)c1. The summed E-state index contributed by atoms with van der Waals surface area (Å²) in [6, 6.07) is 6.57. The topological polar surface area (TPSA) is 0 Å². The molecule has 0 saturated carbocycles. The quantitative estimate of drug-likeness (QED) is 0.580. The molecule has 0 saturated heterocycles. The Morgan fingerprint density at radius 1 is 1.00 bits per heavy atom. The zero-order valence-electron chi connectivity index (χ0n) is 11.0. The Labute approximate surface area is 126 Å². The zero-order chi connectivity index (χ0) is 13.4. The van der Waals surface area contributed by atoms with Crippen LogP contribution in [-0.2, 0) is 0 Å². The van der Waals surface area contributed by atoms with Gasteiger partial charge in [0.25, 0.3) is 0 Å². The average Bonchev–Trinajstić information content (AvgIpc) is 2.57. The fourth-order valence-corrected chi connectivity index (χ4v) is 4.44. The van der Waals surface area contributed by atoms with E-state index in [0.29, 0.717) is 0 Å². The number of hydrogen-bond acceptors (Lipinski definition) is 1. The molecule has 0 amide bonds. The van der Waals surface area contributed by atoms with Crippen LogP contribution in [0.1, 0.15) is 38.1 Å². The van der Waals surface area contributed by atoms with Gasteiger partial charge >= 0.3 is 0 Å². The van der Waals surface area contributed by atoms with Crippen molar-refractivity contribution in [3.05, 3.63) is 54.7 Å². The van der Waals surface area contributed by atoms with Crippen molar-refractivity contribution in [3.63, 3.8) is 0 Å². The molecule has 96 valence electrons. The monoisotopic (exact) mass is 342 g/mol. The van der Waals surface area contributed by atoms with E-state index in [9.17, 15) is 0 Å². The van der Waals surface area contributed by atoms with Crippen molar-refractivity contribution in [2.45, 2.75) is 33.1 Å². The van der Waals surface area contributed by atoms with E-state index in [1.807, 2.05) is 0 Å². The molecule has 0 aliphatic carbocycles. The fraction of sp³-hybridized carbons (Fsp3) is 0.333. The van der Waals surface area contributed by atoms with Gasteiger partial charge in [-0.05, 0) is 71.9 Å². The maximum absolute atomic E-state index is 6.67. The molecule has 1 aromatic carbocycles. The van der Waals surface area contributed by atoms with Crippen molar-refractivity contribution in [2.24, 2.45) is 0 Å². The van der Waals surface area contributed by atoms with E-state index in [-0.39, 0.29) is 5.38 Å². The summed E-state index contributed by atoms with van der Waals surface area (Å²) >= 11 is 12.0. The number of rotatable bonds is 2. The Kier molecular flexibility index (Phi) is 4.20. The van der Waals surface area contributed by atoms with Crippen LogP contribution >= 0.6 is 38.9 Å². The molecular formula is C15H16BrClS. The van der Waals surface area contributed by atoms with E-state index in [2.05, 4.69) is 61.8 Å². The predicted molar refractivity (Wildman–Crippen MR) is 85.1 cm³/mol. The van der Waals surface area contributed by atoms with Crippen LogP contribution in [0.2, 0.25) is 0 Å². The molecule has 1 unspecified atom stereocenters. The summed E-state index contributed by atoms with van der Waals surface area (Å²) < 4.78 is 1.17. The first-order valence-corrected chi connectivity index (χ1v) is 7.92. The van der Waals surface area contributed by atoms with E-state index in [0.717, 1.165) is 0 Å². The molecule has 0 aliphatic rings. The van der Waals surface area contributed by atoms with Gasteiger partial charge in [-0.2, -0.15) is 0 Å². The molecule has 0 N–H and O–H groups in total. The predicted octanol–water partition coefficient (Wildman–Crippen LogP) is 6.07. The average molecular weight is 344 g/mol. The molecule has 3 heteroatoms. The molecule has 1 aromatic heterocycles. The minimum absolute atomic E-state index is 0.0550. The van der Waals surface area contributed by atoms with Crippen LogP contribution in [0.5, 0.6) is 0 Å². The molecule has 2 rings (SSSR count). The highest BCUT2D eigenvalue weighted by atomic mass is 79.9. The molecule has 0 fully saturated rings. The summed E-state index contributed by atoms with van der Waals surface area (Å²) in [6.45, 7) is 8.50. The van der Waals surface area contributed by atoms with E-state index in [1.54, 1.807) is 11.3 Å². The molecule has 18 heavy (non-hydrogen) atoms. The molecular weight excluding hydrogens is 328 g/mol. The van der Waals surface area contributed by atoms with Gasteiger partial charge in [0.05, 0.1) is 9.16 Å². The van der Waals surface area contributed by atoms with Crippen LogP contribution in [-0.4, -0.2) is 0 Å². The minimum atomic E-state index is -0.0550. The van der Waals surface area contributed by atoms with Gasteiger partial charge in [-0.3, -0.25) is 0 Å². The first kappa shape index (κ1) is 14.1. The highest BCUT2D eigenvalue weighted by Gasteiger charge is 2.18. The van der Waals surface area contributed by atoms with Gasteiger partial charge in [0.15, 0.2) is 0 Å². The maximum atomic E-state index is 6.67.